The molecule has 3 rings (SSSR count). The molecule has 8 nitrogen and oxygen atoms in total. The lowest BCUT2D eigenvalue weighted by molar-refractivity contribution is -0.119. The van der Waals surface area contributed by atoms with E-state index in [2.05, 4.69) is 30.4 Å². The molecule has 2 N–H and O–H groups in total. The molecule has 0 radical (unpaired) electrons. The highest BCUT2D eigenvalue weighted by molar-refractivity contribution is 5.84. The predicted molar refractivity (Wildman–Crippen MR) is 114 cm³/mol. The second-order valence-corrected chi connectivity index (χ2v) is 7.66. The van der Waals surface area contributed by atoms with Gasteiger partial charge in [-0.3, -0.25) is 4.79 Å². The van der Waals surface area contributed by atoms with Gasteiger partial charge in [0.05, 0.1) is 12.7 Å². The molecule has 0 aliphatic heterocycles. The fourth-order valence-corrected chi connectivity index (χ4v) is 3.49. The van der Waals surface area contributed by atoms with Gasteiger partial charge in [0, 0.05) is 36.0 Å². The molecule has 2 heterocycles. The average molecular weight is 393 g/mol. The lowest BCUT2D eigenvalue weighted by atomic mass is 9.95. The Morgan fingerprint density at radius 2 is 1.90 bits per heavy atom. The molecule has 0 aromatic carbocycles. The van der Waals surface area contributed by atoms with Gasteiger partial charge in [0.15, 0.2) is 17.8 Å². The van der Waals surface area contributed by atoms with Crippen LogP contribution in [0.25, 0.3) is 4.85 Å². The van der Waals surface area contributed by atoms with Gasteiger partial charge in [-0.1, -0.05) is 25.8 Å². The number of ketones is 1. The van der Waals surface area contributed by atoms with Crippen molar-refractivity contribution in [3.63, 3.8) is 0 Å². The van der Waals surface area contributed by atoms with Crippen molar-refractivity contribution in [3.05, 3.63) is 41.6 Å². The quantitative estimate of drug-likeness (QED) is 0.663. The molecular weight excluding hydrogens is 366 g/mol. The lowest BCUT2D eigenvalue weighted by Crippen LogP contribution is -2.25. The number of aromatic nitrogens is 3. The van der Waals surface area contributed by atoms with E-state index in [1.807, 2.05) is 25.1 Å². The largest absolute Gasteiger partial charge is 0.382 e. The maximum atomic E-state index is 12.3. The smallest absolute Gasteiger partial charge is 0.288 e. The molecule has 0 unspecified atom stereocenters. The van der Waals surface area contributed by atoms with Crippen molar-refractivity contribution in [2.24, 2.45) is 0 Å². The number of likely N-dealkylation sites (N-methyl/N-ethyl adjacent to an activating group) is 1. The van der Waals surface area contributed by atoms with Gasteiger partial charge in [0.1, 0.15) is 5.82 Å². The molecule has 1 saturated carbocycles. The average Bonchev–Trinajstić information content (AvgIpc) is 2.71. The SMILES string of the molecule is [C-]#[N+]c1cnc(Nc2cc(NC3CCCCC3)c(CC(=O)CN(C)C)cn2)cn1. The lowest BCUT2D eigenvalue weighted by Gasteiger charge is -2.25. The van der Waals surface area contributed by atoms with Crippen LogP contribution in [-0.4, -0.2) is 52.3 Å². The monoisotopic (exact) mass is 393 g/mol. The fourth-order valence-electron chi connectivity index (χ4n) is 3.49. The molecule has 1 aliphatic carbocycles. The van der Waals surface area contributed by atoms with E-state index in [1.165, 1.54) is 31.7 Å². The Hall–Kier alpha value is -3.05. The molecule has 2 aromatic rings. The summed E-state index contributed by atoms with van der Waals surface area (Å²) in [5.41, 5.74) is 1.84. The molecule has 1 fully saturated rings. The summed E-state index contributed by atoms with van der Waals surface area (Å²) in [4.78, 5) is 30.1. The number of rotatable bonds is 8. The van der Waals surface area contributed by atoms with Crippen LogP contribution in [0.1, 0.15) is 37.7 Å². The standard InChI is InChI=1S/C21H27N7O/c1-22-20-12-25-21(13-24-20)27-19-10-18(26-16-7-5-4-6-8-16)15(11-23-19)9-17(29)14-28(2)3/h10-13,16H,4-9,14H2,2-3H3,(H2,23,25,26,27). The zero-order chi connectivity index (χ0) is 20.6. The summed E-state index contributed by atoms with van der Waals surface area (Å²) in [6, 6.07) is 2.34. The van der Waals surface area contributed by atoms with Crippen LogP contribution in [-0.2, 0) is 11.2 Å². The predicted octanol–water partition coefficient (Wildman–Crippen LogP) is 3.58. The highest BCUT2D eigenvalue weighted by Crippen LogP contribution is 2.26. The Morgan fingerprint density at radius 3 is 2.55 bits per heavy atom. The van der Waals surface area contributed by atoms with Crippen LogP contribution in [0.2, 0.25) is 0 Å². The molecule has 0 bridgehead atoms. The summed E-state index contributed by atoms with van der Waals surface area (Å²) < 4.78 is 0. The number of nitrogens with zero attached hydrogens (tertiary/aromatic N) is 5. The summed E-state index contributed by atoms with van der Waals surface area (Å²) in [7, 11) is 3.79. The Kier molecular flexibility index (Phi) is 7.09. The number of carbonyl (C=O) groups is 1. The minimum atomic E-state index is 0.157. The summed E-state index contributed by atoms with van der Waals surface area (Å²) >= 11 is 0. The summed E-state index contributed by atoms with van der Waals surface area (Å²) in [5.74, 6) is 1.55. The van der Waals surface area contributed by atoms with Crippen molar-refractivity contribution in [3.8, 4) is 0 Å². The van der Waals surface area contributed by atoms with Crippen molar-refractivity contribution in [2.75, 3.05) is 31.3 Å². The second-order valence-electron chi connectivity index (χ2n) is 7.66. The van der Waals surface area contributed by atoms with Crippen LogP contribution >= 0.6 is 0 Å². The molecule has 1 aliphatic rings. The Labute approximate surface area is 171 Å². The van der Waals surface area contributed by atoms with Crippen LogP contribution in [0.3, 0.4) is 0 Å². The Balaban J connectivity index is 1.79. The van der Waals surface area contributed by atoms with E-state index in [1.54, 1.807) is 6.20 Å². The molecular formula is C21H27N7O. The van der Waals surface area contributed by atoms with Gasteiger partial charge in [-0.15, -0.1) is 4.98 Å². The Morgan fingerprint density at radius 1 is 1.14 bits per heavy atom. The van der Waals surface area contributed by atoms with Crippen LogP contribution in [0, 0.1) is 6.57 Å². The number of nitrogens with one attached hydrogen (secondary N) is 2. The van der Waals surface area contributed by atoms with E-state index < -0.39 is 0 Å². The van der Waals surface area contributed by atoms with Crippen molar-refractivity contribution in [2.45, 2.75) is 44.6 Å². The van der Waals surface area contributed by atoms with E-state index in [0.29, 0.717) is 30.6 Å². The first kappa shape index (κ1) is 20.7. The molecule has 2 aromatic heterocycles. The van der Waals surface area contributed by atoms with Gasteiger partial charge in [0.25, 0.3) is 5.82 Å². The first-order chi connectivity index (χ1) is 14.0. The minimum absolute atomic E-state index is 0.157. The van der Waals surface area contributed by atoms with Gasteiger partial charge in [-0.2, -0.15) is 0 Å². The van der Waals surface area contributed by atoms with E-state index >= 15 is 0 Å². The van der Waals surface area contributed by atoms with Crippen molar-refractivity contribution < 1.29 is 4.79 Å². The molecule has 0 amide bonds. The second kappa shape index (κ2) is 9.94. The van der Waals surface area contributed by atoms with Crippen LogP contribution in [0.5, 0.6) is 0 Å². The first-order valence-corrected chi connectivity index (χ1v) is 9.92. The maximum Gasteiger partial charge on any atom is 0.288 e. The van der Waals surface area contributed by atoms with Gasteiger partial charge < -0.3 is 20.4 Å². The number of Topliss-reactive ketones (excluding diaryl/α,β-unsaturated/α-hetero) is 1. The molecule has 8 heteroatoms. The van der Waals surface area contributed by atoms with Gasteiger partial charge in [-0.05, 0) is 26.9 Å². The van der Waals surface area contributed by atoms with Gasteiger partial charge in [-0.25, -0.2) is 9.97 Å². The highest BCUT2D eigenvalue weighted by atomic mass is 16.1. The highest BCUT2D eigenvalue weighted by Gasteiger charge is 2.17. The summed E-state index contributed by atoms with van der Waals surface area (Å²) in [6.45, 7) is 7.37. The van der Waals surface area contributed by atoms with E-state index in [-0.39, 0.29) is 11.6 Å². The van der Waals surface area contributed by atoms with Gasteiger partial charge >= 0.3 is 0 Å². The van der Waals surface area contributed by atoms with Gasteiger partial charge in [0.2, 0.25) is 0 Å². The number of hydrogen-bond donors (Lipinski definition) is 2. The Bertz CT molecular complexity index is 868. The van der Waals surface area contributed by atoms with Crippen LogP contribution < -0.4 is 10.6 Å². The fraction of sp³-hybridized carbons (Fsp3) is 0.476. The third kappa shape index (κ3) is 6.22. The first-order valence-electron chi connectivity index (χ1n) is 9.92. The summed E-state index contributed by atoms with van der Waals surface area (Å²) in [5, 5.41) is 6.76. The normalized spacial score (nSPS) is 14.4. The topological polar surface area (TPSA) is 87.4 Å². The van der Waals surface area contributed by atoms with E-state index in [9.17, 15) is 4.79 Å². The van der Waals surface area contributed by atoms with Crippen LogP contribution in [0.4, 0.5) is 23.1 Å². The number of pyridine rings is 1. The maximum absolute atomic E-state index is 12.3. The van der Waals surface area contributed by atoms with Crippen molar-refractivity contribution in [1.82, 2.24) is 19.9 Å². The third-order valence-corrected chi connectivity index (χ3v) is 4.84. The molecule has 0 atom stereocenters. The zero-order valence-electron chi connectivity index (χ0n) is 17.0. The number of carbonyl (C=O) groups excluding carboxylic acids is 1. The molecule has 152 valence electrons. The molecule has 29 heavy (non-hydrogen) atoms. The number of hydrogen-bond acceptors (Lipinski definition) is 7. The molecule has 0 saturated heterocycles. The number of anilines is 3. The van der Waals surface area contributed by atoms with Crippen molar-refractivity contribution >= 4 is 28.9 Å². The minimum Gasteiger partial charge on any atom is -0.382 e. The molecule has 0 spiro atoms. The van der Waals surface area contributed by atoms with Crippen LogP contribution in [0.15, 0.2) is 24.7 Å². The van der Waals surface area contributed by atoms with E-state index in [4.69, 9.17) is 6.57 Å². The zero-order valence-corrected chi connectivity index (χ0v) is 17.0. The van der Waals surface area contributed by atoms with E-state index in [0.717, 1.165) is 24.1 Å². The third-order valence-electron chi connectivity index (χ3n) is 4.84. The van der Waals surface area contributed by atoms with Crippen molar-refractivity contribution in [1.29, 1.82) is 0 Å². The summed E-state index contributed by atoms with van der Waals surface area (Å²) in [6.07, 6.45) is 11.1.